The largest absolute Gasteiger partial charge is 0.324 e. The van der Waals surface area contributed by atoms with Crippen LogP contribution in [0.2, 0.25) is 0 Å². The van der Waals surface area contributed by atoms with Crippen LogP contribution in [-0.4, -0.2) is 4.98 Å². The Bertz CT molecular complexity index is 184. The fourth-order valence-electron chi connectivity index (χ4n) is 0.831. The van der Waals surface area contributed by atoms with E-state index in [1.54, 1.807) is 6.20 Å². The third kappa shape index (κ3) is 1.54. The maximum absolute atomic E-state index is 5.75. The summed E-state index contributed by atoms with van der Waals surface area (Å²) in [5.41, 5.74) is 6.87. The molecular formula is C8H12N2. The van der Waals surface area contributed by atoms with E-state index in [9.17, 15) is 0 Å². The first kappa shape index (κ1) is 7.22. The highest BCUT2D eigenvalue weighted by Gasteiger charge is 1.99. The van der Waals surface area contributed by atoms with Gasteiger partial charge in [-0.2, -0.15) is 0 Å². The Kier molecular flexibility index (Phi) is 2.40. The van der Waals surface area contributed by atoms with Crippen molar-refractivity contribution in [3.05, 3.63) is 30.1 Å². The SMILES string of the molecule is CCC(N)c1cccnc1. The van der Waals surface area contributed by atoms with Crippen LogP contribution in [0.25, 0.3) is 0 Å². The average Bonchev–Trinajstić information content (AvgIpc) is 2.05. The van der Waals surface area contributed by atoms with Crippen LogP contribution >= 0.6 is 0 Å². The minimum absolute atomic E-state index is 0.147. The van der Waals surface area contributed by atoms with E-state index in [-0.39, 0.29) is 6.04 Å². The monoisotopic (exact) mass is 136 g/mol. The van der Waals surface area contributed by atoms with E-state index in [2.05, 4.69) is 11.9 Å². The van der Waals surface area contributed by atoms with Gasteiger partial charge in [-0.25, -0.2) is 0 Å². The highest BCUT2D eigenvalue weighted by molar-refractivity contribution is 5.12. The van der Waals surface area contributed by atoms with Crippen molar-refractivity contribution in [3.63, 3.8) is 0 Å². The molecule has 1 unspecified atom stereocenters. The molecule has 0 saturated carbocycles. The first-order valence-corrected chi connectivity index (χ1v) is 3.50. The van der Waals surface area contributed by atoms with Crippen LogP contribution in [0.4, 0.5) is 0 Å². The zero-order valence-electron chi connectivity index (χ0n) is 6.12. The number of hydrogen-bond donors (Lipinski definition) is 1. The molecule has 54 valence electrons. The van der Waals surface area contributed by atoms with Gasteiger partial charge in [-0.1, -0.05) is 13.0 Å². The van der Waals surface area contributed by atoms with Gasteiger partial charge in [-0.05, 0) is 18.1 Å². The molecule has 0 aromatic carbocycles. The lowest BCUT2D eigenvalue weighted by Crippen LogP contribution is -2.08. The summed E-state index contributed by atoms with van der Waals surface area (Å²) in [4.78, 5) is 3.97. The molecule has 2 heteroatoms. The van der Waals surface area contributed by atoms with Crippen molar-refractivity contribution in [2.75, 3.05) is 0 Å². The van der Waals surface area contributed by atoms with Gasteiger partial charge in [0.2, 0.25) is 0 Å². The Labute approximate surface area is 61.1 Å². The highest BCUT2D eigenvalue weighted by Crippen LogP contribution is 2.10. The number of aromatic nitrogens is 1. The molecule has 0 radical (unpaired) electrons. The van der Waals surface area contributed by atoms with Crippen LogP contribution in [0.5, 0.6) is 0 Å². The zero-order valence-corrected chi connectivity index (χ0v) is 6.12. The maximum Gasteiger partial charge on any atom is 0.0315 e. The third-order valence-electron chi connectivity index (χ3n) is 1.55. The molecule has 0 amide bonds. The minimum Gasteiger partial charge on any atom is -0.324 e. The first-order chi connectivity index (χ1) is 4.84. The van der Waals surface area contributed by atoms with Crippen molar-refractivity contribution >= 4 is 0 Å². The van der Waals surface area contributed by atoms with Gasteiger partial charge in [0.25, 0.3) is 0 Å². The molecule has 1 rings (SSSR count). The summed E-state index contributed by atoms with van der Waals surface area (Å²) in [7, 11) is 0. The number of hydrogen-bond acceptors (Lipinski definition) is 2. The second-order valence-electron chi connectivity index (χ2n) is 2.30. The summed E-state index contributed by atoms with van der Waals surface area (Å²) in [6, 6.07) is 4.06. The smallest absolute Gasteiger partial charge is 0.0315 e. The van der Waals surface area contributed by atoms with Gasteiger partial charge in [0, 0.05) is 18.4 Å². The number of rotatable bonds is 2. The van der Waals surface area contributed by atoms with Crippen molar-refractivity contribution in [2.45, 2.75) is 19.4 Å². The maximum atomic E-state index is 5.75. The van der Waals surface area contributed by atoms with Gasteiger partial charge in [-0.15, -0.1) is 0 Å². The Hall–Kier alpha value is -0.890. The Balaban J connectivity index is 2.75. The molecule has 1 heterocycles. The van der Waals surface area contributed by atoms with Gasteiger partial charge >= 0.3 is 0 Å². The lowest BCUT2D eigenvalue weighted by Gasteiger charge is -2.06. The minimum atomic E-state index is 0.147. The van der Waals surface area contributed by atoms with Crippen molar-refractivity contribution in [3.8, 4) is 0 Å². The summed E-state index contributed by atoms with van der Waals surface area (Å²) in [6.07, 6.45) is 4.53. The van der Waals surface area contributed by atoms with Gasteiger partial charge in [0.05, 0.1) is 0 Å². The summed E-state index contributed by atoms with van der Waals surface area (Å²) < 4.78 is 0. The highest BCUT2D eigenvalue weighted by atomic mass is 14.7. The summed E-state index contributed by atoms with van der Waals surface area (Å²) >= 11 is 0. The summed E-state index contributed by atoms with van der Waals surface area (Å²) in [5.74, 6) is 0. The molecule has 1 aromatic heterocycles. The average molecular weight is 136 g/mol. The van der Waals surface area contributed by atoms with Crippen LogP contribution in [-0.2, 0) is 0 Å². The quantitative estimate of drug-likeness (QED) is 0.669. The van der Waals surface area contributed by atoms with Crippen molar-refractivity contribution in [2.24, 2.45) is 5.73 Å². The molecule has 0 saturated heterocycles. The molecule has 0 aliphatic heterocycles. The molecule has 0 spiro atoms. The Morgan fingerprint density at radius 3 is 3.00 bits per heavy atom. The molecule has 1 aromatic rings. The predicted molar refractivity (Wildman–Crippen MR) is 41.5 cm³/mol. The van der Waals surface area contributed by atoms with E-state index in [0.717, 1.165) is 12.0 Å². The molecule has 0 bridgehead atoms. The molecular weight excluding hydrogens is 124 g/mol. The van der Waals surface area contributed by atoms with Crippen molar-refractivity contribution in [1.82, 2.24) is 4.98 Å². The van der Waals surface area contributed by atoms with E-state index < -0.39 is 0 Å². The van der Waals surface area contributed by atoms with Crippen LogP contribution < -0.4 is 5.73 Å². The second kappa shape index (κ2) is 3.32. The molecule has 0 aliphatic carbocycles. The fourth-order valence-corrected chi connectivity index (χ4v) is 0.831. The summed E-state index contributed by atoms with van der Waals surface area (Å²) in [5, 5.41) is 0. The molecule has 2 nitrogen and oxygen atoms in total. The summed E-state index contributed by atoms with van der Waals surface area (Å²) in [6.45, 7) is 2.07. The van der Waals surface area contributed by atoms with Crippen molar-refractivity contribution < 1.29 is 0 Å². The van der Waals surface area contributed by atoms with Gasteiger partial charge < -0.3 is 5.73 Å². The number of nitrogens with two attached hydrogens (primary N) is 1. The standard InChI is InChI=1S/C8H12N2/c1-2-8(9)7-4-3-5-10-6-7/h3-6,8H,2,9H2,1H3. The van der Waals surface area contributed by atoms with Crippen LogP contribution in [0, 0.1) is 0 Å². The topological polar surface area (TPSA) is 38.9 Å². The van der Waals surface area contributed by atoms with Crippen molar-refractivity contribution in [1.29, 1.82) is 0 Å². The molecule has 0 fully saturated rings. The van der Waals surface area contributed by atoms with E-state index >= 15 is 0 Å². The lowest BCUT2D eigenvalue weighted by molar-refractivity contribution is 0.695. The van der Waals surface area contributed by atoms with E-state index in [4.69, 9.17) is 5.73 Å². The van der Waals surface area contributed by atoms with Gasteiger partial charge in [0.15, 0.2) is 0 Å². The molecule has 0 aliphatic rings. The zero-order chi connectivity index (χ0) is 7.40. The van der Waals surface area contributed by atoms with Crippen LogP contribution in [0.15, 0.2) is 24.5 Å². The van der Waals surface area contributed by atoms with E-state index in [1.807, 2.05) is 18.3 Å². The number of pyridine rings is 1. The second-order valence-corrected chi connectivity index (χ2v) is 2.30. The lowest BCUT2D eigenvalue weighted by atomic mass is 10.1. The van der Waals surface area contributed by atoms with Gasteiger partial charge in [0.1, 0.15) is 0 Å². The Morgan fingerprint density at radius 2 is 2.50 bits per heavy atom. The molecule has 10 heavy (non-hydrogen) atoms. The fraction of sp³-hybridized carbons (Fsp3) is 0.375. The molecule has 2 N–H and O–H groups in total. The number of nitrogens with zero attached hydrogens (tertiary/aromatic N) is 1. The third-order valence-corrected chi connectivity index (χ3v) is 1.55. The first-order valence-electron chi connectivity index (χ1n) is 3.50. The normalized spacial score (nSPS) is 13.0. The van der Waals surface area contributed by atoms with E-state index in [0.29, 0.717) is 0 Å². The van der Waals surface area contributed by atoms with Crippen LogP contribution in [0.1, 0.15) is 24.9 Å². The predicted octanol–water partition coefficient (Wildman–Crippen LogP) is 1.49. The van der Waals surface area contributed by atoms with E-state index in [1.165, 1.54) is 0 Å². The Morgan fingerprint density at radius 1 is 1.70 bits per heavy atom. The van der Waals surface area contributed by atoms with Gasteiger partial charge in [-0.3, -0.25) is 4.98 Å². The van der Waals surface area contributed by atoms with Crippen LogP contribution in [0.3, 0.4) is 0 Å². The molecule has 1 atom stereocenters.